The Bertz CT molecular complexity index is 740. The molecular formula is C20H26N4O. The molecule has 5 nitrogen and oxygen atoms in total. The first-order chi connectivity index (χ1) is 12.1. The van der Waals surface area contributed by atoms with Crippen LogP contribution in [0.1, 0.15) is 43.9 Å². The highest BCUT2D eigenvalue weighted by Crippen LogP contribution is 2.42. The summed E-state index contributed by atoms with van der Waals surface area (Å²) in [6.45, 7) is 7.97. The van der Waals surface area contributed by atoms with Crippen molar-refractivity contribution in [2.75, 3.05) is 36.5 Å². The van der Waals surface area contributed by atoms with Crippen LogP contribution < -0.4 is 10.2 Å². The Morgan fingerprint density at radius 2 is 1.96 bits per heavy atom. The number of benzene rings is 1. The third-order valence-corrected chi connectivity index (χ3v) is 5.43. The maximum Gasteiger partial charge on any atom is 0.134 e. The molecule has 1 fully saturated rings. The molecule has 25 heavy (non-hydrogen) atoms. The molecule has 4 rings (SSSR count). The predicted octanol–water partition coefficient (Wildman–Crippen LogP) is 3.54. The van der Waals surface area contributed by atoms with Gasteiger partial charge in [0.1, 0.15) is 18.0 Å². The summed E-state index contributed by atoms with van der Waals surface area (Å²) in [6, 6.07) is 11.2. The van der Waals surface area contributed by atoms with E-state index in [4.69, 9.17) is 4.74 Å². The van der Waals surface area contributed by atoms with E-state index in [-0.39, 0.29) is 5.41 Å². The van der Waals surface area contributed by atoms with Gasteiger partial charge in [-0.25, -0.2) is 9.97 Å². The molecule has 0 spiro atoms. The van der Waals surface area contributed by atoms with Gasteiger partial charge >= 0.3 is 0 Å². The molecule has 1 N–H and O–H groups in total. The second kappa shape index (κ2) is 6.64. The number of fused-ring (bicyclic) bond motifs is 1. The third-order valence-electron chi connectivity index (χ3n) is 5.43. The minimum Gasteiger partial charge on any atom is -0.378 e. The highest BCUT2D eigenvalue weighted by molar-refractivity contribution is 5.51. The first kappa shape index (κ1) is 16.3. The molecule has 1 aliphatic carbocycles. The molecule has 1 aliphatic heterocycles. The summed E-state index contributed by atoms with van der Waals surface area (Å²) >= 11 is 0. The van der Waals surface area contributed by atoms with Crippen molar-refractivity contribution in [3.8, 4) is 0 Å². The molecule has 0 radical (unpaired) electrons. The van der Waals surface area contributed by atoms with E-state index in [1.54, 1.807) is 6.33 Å². The van der Waals surface area contributed by atoms with Gasteiger partial charge in [-0.3, -0.25) is 0 Å². The van der Waals surface area contributed by atoms with Crippen molar-refractivity contribution < 1.29 is 4.74 Å². The van der Waals surface area contributed by atoms with Crippen molar-refractivity contribution in [1.82, 2.24) is 9.97 Å². The average Bonchev–Trinajstić information content (AvgIpc) is 2.65. The molecule has 2 aliphatic rings. The lowest BCUT2D eigenvalue weighted by Crippen LogP contribution is -2.36. The second-order valence-corrected chi connectivity index (χ2v) is 7.57. The quantitative estimate of drug-likeness (QED) is 0.928. The van der Waals surface area contributed by atoms with Gasteiger partial charge in [-0.1, -0.05) is 38.1 Å². The summed E-state index contributed by atoms with van der Waals surface area (Å²) in [4.78, 5) is 11.2. The van der Waals surface area contributed by atoms with Gasteiger partial charge < -0.3 is 15.0 Å². The number of morpholine rings is 1. The van der Waals surface area contributed by atoms with Crippen LogP contribution in [0.3, 0.4) is 0 Å². The number of anilines is 2. The first-order valence-corrected chi connectivity index (χ1v) is 9.14. The van der Waals surface area contributed by atoms with Crippen molar-refractivity contribution in [3.63, 3.8) is 0 Å². The minimum absolute atomic E-state index is 0.236. The number of rotatable bonds is 3. The van der Waals surface area contributed by atoms with E-state index in [0.29, 0.717) is 6.04 Å². The lowest BCUT2D eigenvalue weighted by atomic mass is 9.71. The number of hydrogen-bond acceptors (Lipinski definition) is 5. The molecule has 2 aromatic rings. The minimum atomic E-state index is 0.236. The van der Waals surface area contributed by atoms with Gasteiger partial charge in [0.2, 0.25) is 0 Å². The van der Waals surface area contributed by atoms with Crippen molar-refractivity contribution >= 4 is 11.6 Å². The van der Waals surface area contributed by atoms with E-state index in [9.17, 15) is 0 Å². The summed E-state index contributed by atoms with van der Waals surface area (Å²) < 4.78 is 5.43. The average molecular weight is 338 g/mol. The van der Waals surface area contributed by atoms with Crippen LogP contribution >= 0.6 is 0 Å². The molecular weight excluding hydrogens is 312 g/mol. The fraction of sp³-hybridized carbons (Fsp3) is 0.500. The normalized spacial score (nSPS) is 22.3. The zero-order valence-corrected chi connectivity index (χ0v) is 15.0. The molecule has 0 amide bonds. The second-order valence-electron chi connectivity index (χ2n) is 7.57. The molecule has 5 heteroatoms. The van der Waals surface area contributed by atoms with Crippen LogP contribution in [0.4, 0.5) is 11.6 Å². The summed E-state index contributed by atoms with van der Waals surface area (Å²) in [5.74, 6) is 1.88. The largest absolute Gasteiger partial charge is 0.378 e. The van der Waals surface area contributed by atoms with E-state index in [2.05, 4.69) is 64.4 Å². The van der Waals surface area contributed by atoms with E-state index in [1.165, 1.54) is 17.5 Å². The predicted molar refractivity (Wildman–Crippen MR) is 100 cm³/mol. The lowest BCUT2D eigenvalue weighted by Gasteiger charge is -2.37. The highest BCUT2D eigenvalue weighted by atomic mass is 16.5. The van der Waals surface area contributed by atoms with Gasteiger partial charge in [0.15, 0.2) is 0 Å². The Kier molecular flexibility index (Phi) is 4.34. The van der Waals surface area contributed by atoms with Crippen LogP contribution in [0.25, 0.3) is 0 Å². The zero-order valence-electron chi connectivity index (χ0n) is 15.0. The number of hydrogen-bond donors (Lipinski definition) is 1. The fourth-order valence-corrected chi connectivity index (χ4v) is 3.93. The van der Waals surface area contributed by atoms with Crippen molar-refractivity contribution in [2.24, 2.45) is 0 Å². The van der Waals surface area contributed by atoms with Gasteiger partial charge in [0, 0.05) is 19.2 Å². The molecule has 1 atom stereocenters. The number of nitrogens with one attached hydrogen (secondary N) is 1. The van der Waals surface area contributed by atoms with Crippen LogP contribution in [0, 0.1) is 0 Å². The SMILES string of the molecule is CC1(C)CCC(Nc2cc(N3CCOCC3)ncn2)c2ccccc21. The molecule has 0 saturated carbocycles. The maximum atomic E-state index is 5.43. The summed E-state index contributed by atoms with van der Waals surface area (Å²) in [7, 11) is 0. The Hall–Kier alpha value is -2.14. The summed E-state index contributed by atoms with van der Waals surface area (Å²) in [5, 5.41) is 3.65. The smallest absolute Gasteiger partial charge is 0.134 e. The van der Waals surface area contributed by atoms with Crippen LogP contribution in [-0.2, 0) is 10.2 Å². The van der Waals surface area contributed by atoms with E-state index < -0.39 is 0 Å². The Labute approximate surface area is 149 Å². The van der Waals surface area contributed by atoms with Crippen molar-refractivity contribution in [2.45, 2.75) is 38.1 Å². The van der Waals surface area contributed by atoms with Gasteiger partial charge in [0.05, 0.1) is 19.3 Å². The van der Waals surface area contributed by atoms with Gasteiger partial charge in [-0.05, 0) is 29.4 Å². The van der Waals surface area contributed by atoms with Crippen LogP contribution in [0.5, 0.6) is 0 Å². The molecule has 132 valence electrons. The van der Waals surface area contributed by atoms with Crippen LogP contribution in [0.15, 0.2) is 36.7 Å². The molecule has 1 unspecified atom stereocenters. The molecule has 1 saturated heterocycles. The number of nitrogens with zero attached hydrogens (tertiary/aromatic N) is 3. The Morgan fingerprint density at radius 1 is 1.16 bits per heavy atom. The lowest BCUT2D eigenvalue weighted by molar-refractivity contribution is 0.122. The fourth-order valence-electron chi connectivity index (χ4n) is 3.93. The van der Waals surface area contributed by atoms with Gasteiger partial charge in [-0.15, -0.1) is 0 Å². The molecule has 2 heterocycles. The monoisotopic (exact) mass is 338 g/mol. The molecule has 1 aromatic carbocycles. The Balaban J connectivity index is 1.56. The topological polar surface area (TPSA) is 50.3 Å². The first-order valence-electron chi connectivity index (χ1n) is 9.14. The van der Waals surface area contributed by atoms with Crippen LogP contribution in [-0.4, -0.2) is 36.3 Å². The summed E-state index contributed by atoms with van der Waals surface area (Å²) in [6.07, 6.45) is 3.94. The van der Waals surface area contributed by atoms with Gasteiger partial charge in [-0.2, -0.15) is 0 Å². The van der Waals surface area contributed by atoms with Gasteiger partial charge in [0.25, 0.3) is 0 Å². The zero-order chi connectivity index (χ0) is 17.3. The third kappa shape index (κ3) is 3.33. The maximum absolute atomic E-state index is 5.43. The molecule has 1 aromatic heterocycles. The van der Waals surface area contributed by atoms with Crippen molar-refractivity contribution in [3.05, 3.63) is 47.8 Å². The number of ether oxygens (including phenoxy) is 1. The number of aromatic nitrogens is 2. The Morgan fingerprint density at radius 3 is 2.80 bits per heavy atom. The van der Waals surface area contributed by atoms with Crippen molar-refractivity contribution in [1.29, 1.82) is 0 Å². The standard InChI is InChI=1S/C20H26N4O/c1-20(2)8-7-17(15-5-3-4-6-16(15)20)23-18-13-19(22-14-21-18)24-9-11-25-12-10-24/h3-6,13-14,17H,7-12H2,1-2H3,(H,21,22,23). The van der Waals surface area contributed by atoms with E-state index in [1.807, 2.05) is 0 Å². The van der Waals surface area contributed by atoms with E-state index in [0.717, 1.165) is 44.4 Å². The van der Waals surface area contributed by atoms with E-state index >= 15 is 0 Å². The summed E-state index contributed by atoms with van der Waals surface area (Å²) in [5.41, 5.74) is 3.07. The highest BCUT2D eigenvalue weighted by Gasteiger charge is 2.32. The van der Waals surface area contributed by atoms with Crippen LogP contribution in [0.2, 0.25) is 0 Å². The molecule has 0 bridgehead atoms.